The number of morpholine rings is 2. The van der Waals surface area contributed by atoms with Gasteiger partial charge in [0.1, 0.15) is 23.3 Å². The van der Waals surface area contributed by atoms with Gasteiger partial charge in [0.05, 0.1) is 56.1 Å². The van der Waals surface area contributed by atoms with Gasteiger partial charge < -0.3 is 29.0 Å². The average Bonchev–Trinajstić information content (AvgIpc) is 3.83. The number of halogens is 10. The summed E-state index contributed by atoms with van der Waals surface area (Å²) in [5.41, 5.74) is 0.625. The molecule has 5 aromatic rings. The van der Waals surface area contributed by atoms with Gasteiger partial charge in [-0.25, -0.2) is 27.2 Å². The lowest BCUT2D eigenvalue weighted by Crippen LogP contribution is -2.48. The van der Waals surface area contributed by atoms with Crippen LogP contribution in [0.1, 0.15) is 33.8 Å². The highest BCUT2D eigenvalue weighted by Crippen LogP contribution is 2.30. The van der Waals surface area contributed by atoms with Gasteiger partial charge in [-0.3, -0.25) is 19.4 Å². The van der Waals surface area contributed by atoms with Gasteiger partial charge in [-0.1, -0.05) is 41.4 Å². The number of benzene rings is 4. The fourth-order valence-electron chi connectivity index (χ4n) is 6.48. The van der Waals surface area contributed by atoms with Crippen LogP contribution in [0.15, 0.2) is 77.2 Å². The number of carbonyl (C=O) groups excluding carboxylic acids is 4. The second-order valence-corrected chi connectivity index (χ2v) is 15.2. The van der Waals surface area contributed by atoms with Crippen LogP contribution in [0.25, 0.3) is 11.5 Å². The molecule has 2 aliphatic heterocycles. The van der Waals surface area contributed by atoms with Crippen molar-refractivity contribution < 1.29 is 68.2 Å². The van der Waals surface area contributed by atoms with Crippen molar-refractivity contribution in [3.8, 4) is 11.5 Å². The van der Waals surface area contributed by atoms with Crippen molar-refractivity contribution in [2.24, 2.45) is 0 Å². The summed E-state index contributed by atoms with van der Waals surface area (Å²) in [7, 11) is 0. The smallest absolute Gasteiger partial charge is 0.324 e. The van der Waals surface area contributed by atoms with Crippen molar-refractivity contribution in [2.75, 3.05) is 69.0 Å². The van der Waals surface area contributed by atoms with E-state index in [0.29, 0.717) is 52.6 Å². The zero-order valence-electron chi connectivity index (χ0n) is 34.7. The van der Waals surface area contributed by atoms with E-state index >= 15 is 0 Å². The number of carbonyl (C=O) groups is 4. The topological polar surface area (TPSA) is 151 Å². The predicted molar refractivity (Wildman–Crippen MR) is 225 cm³/mol. The first-order valence-corrected chi connectivity index (χ1v) is 20.7. The molecule has 2 fully saturated rings. The first kappa shape index (κ1) is 50.1. The Bertz CT molecular complexity index is 2580. The fraction of sp³-hybridized carbons (Fsp3) is 0.302. The highest BCUT2D eigenvalue weighted by Gasteiger charge is 2.28. The van der Waals surface area contributed by atoms with Crippen molar-refractivity contribution in [2.45, 2.75) is 25.9 Å². The van der Waals surface area contributed by atoms with Crippen LogP contribution in [0.3, 0.4) is 0 Å². The summed E-state index contributed by atoms with van der Waals surface area (Å²) in [6, 6.07) is 13.8. The second-order valence-electron chi connectivity index (χ2n) is 14.4. The molecular weight excluding hydrogens is 949 g/mol. The lowest BCUT2D eigenvalue weighted by Gasteiger charge is -2.33. The number of hydrogen-bond donors (Lipinski definition) is 1. The maximum Gasteiger partial charge on any atom is 0.324 e. The molecule has 5 amide bonds. The number of Topliss-reactive ketones (excluding diaryl/α,β-unsaturated/α-hetero) is 1. The third-order valence-corrected chi connectivity index (χ3v) is 10.6. The number of amides is 5. The summed E-state index contributed by atoms with van der Waals surface area (Å²) in [4.78, 5) is 54.9. The Kier molecular flexibility index (Phi) is 17.1. The maximum atomic E-state index is 14.9. The largest absolute Gasteiger partial charge is 0.415 e. The van der Waals surface area contributed by atoms with Crippen molar-refractivity contribution >= 4 is 58.3 Å². The summed E-state index contributed by atoms with van der Waals surface area (Å²) in [6.07, 6.45) is -6.22. The Morgan fingerprint density at radius 3 is 1.57 bits per heavy atom. The van der Waals surface area contributed by atoms with Crippen LogP contribution in [-0.4, -0.2) is 109 Å². The molecule has 0 spiro atoms. The standard InChI is InChI=1S/C22H20ClF4N3O4.C21H17ClF4N4O3/c23-16-10-15(3-4-17(16)24)30(22(33)29-5-7-34-8-6-29)12-14-2-1-13(9-18(14)25)19(31)11-28-21(32)20(26)27;22-15-10-14(3-4-16(15)23)30(21(31)29-5-7-32-8-6-29)11-13-2-1-12(9-17(13)24)19-27-28-20(33-19)18(25)26/h1-4,9-10,20H,5-8,11-12H2,(H,28,32);1-4,9-10,18H,5-8,11H2. The molecule has 0 saturated carbocycles. The second kappa shape index (κ2) is 22.9. The molecule has 356 valence electrons. The molecule has 2 saturated heterocycles. The third kappa shape index (κ3) is 13.0. The van der Waals surface area contributed by atoms with Gasteiger partial charge in [0.2, 0.25) is 5.89 Å². The molecule has 1 N–H and O–H groups in total. The van der Waals surface area contributed by atoms with E-state index in [1.165, 1.54) is 68.1 Å². The Balaban J connectivity index is 0.000000221. The number of ketones is 1. The minimum Gasteiger partial charge on any atom is -0.415 e. The first-order valence-electron chi connectivity index (χ1n) is 20.0. The molecule has 7 rings (SSSR count). The van der Waals surface area contributed by atoms with Crippen LogP contribution in [0.5, 0.6) is 0 Å². The van der Waals surface area contributed by atoms with Crippen molar-refractivity contribution in [1.29, 1.82) is 0 Å². The number of anilines is 2. The quantitative estimate of drug-likeness (QED) is 0.0957. The van der Waals surface area contributed by atoms with Crippen LogP contribution in [-0.2, 0) is 27.4 Å². The maximum absolute atomic E-state index is 14.9. The van der Waals surface area contributed by atoms with Gasteiger partial charge in [0.15, 0.2) is 5.78 Å². The van der Waals surface area contributed by atoms with E-state index in [9.17, 15) is 54.3 Å². The van der Waals surface area contributed by atoms with Gasteiger partial charge in [-0.05, 0) is 54.6 Å². The van der Waals surface area contributed by atoms with E-state index < -0.39 is 72.3 Å². The molecule has 0 unspecified atom stereocenters. The van der Waals surface area contributed by atoms with Crippen LogP contribution < -0.4 is 15.1 Å². The Morgan fingerprint density at radius 2 is 1.13 bits per heavy atom. The van der Waals surface area contributed by atoms with Gasteiger partial charge >= 0.3 is 24.9 Å². The minimum absolute atomic E-state index is 0.0372. The Hall–Kier alpha value is -6.36. The monoisotopic (exact) mass is 985 g/mol. The van der Waals surface area contributed by atoms with Crippen LogP contribution >= 0.6 is 23.2 Å². The van der Waals surface area contributed by atoms with Crippen molar-refractivity contribution in [1.82, 2.24) is 25.3 Å². The molecule has 67 heavy (non-hydrogen) atoms. The third-order valence-electron chi connectivity index (χ3n) is 10.0. The first-order chi connectivity index (χ1) is 32.0. The van der Waals surface area contributed by atoms with Gasteiger partial charge in [-0.15, -0.1) is 10.2 Å². The number of hydrogen-bond acceptors (Lipinski definition) is 9. The van der Waals surface area contributed by atoms with Crippen molar-refractivity contribution in [3.05, 3.63) is 129 Å². The number of rotatable bonds is 12. The average molecular weight is 987 g/mol. The molecule has 14 nitrogen and oxygen atoms in total. The van der Waals surface area contributed by atoms with Crippen molar-refractivity contribution in [3.63, 3.8) is 0 Å². The summed E-state index contributed by atoms with van der Waals surface area (Å²) in [6.45, 7) is 1.50. The van der Waals surface area contributed by atoms with Gasteiger partial charge in [0, 0.05) is 59.8 Å². The van der Waals surface area contributed by atoms with Gasteiger partial charge in [-0.2, -0.15) is 17.6 Å². The Morgan fingerprint density at radius 1 is 0.642 bits per heavy atom. The number of nitrogens with one attached hydrogen (secondary N) is 1. The van der Waals surface area contributed by atoms with E-state index in [0.717, 1.165) is 24.3 Å². The number of urea groups is 2. The molecule has 3 heterocycles. The molecule has 1 aromatic heterocycles. The molecule has 0 atom stereocenters. The highest BCUT2D eigenvalue weighted by atomic mass is 35.5. The zero-order valence-corrected chi connectivity index (χ0v) is 36.2. The lowest BCUT2D eigenvalue weighted by atomic mass is 10.1. The number of alkyl halides is 4. The van der Waals surface area contributed by atoms with E-state index in [1.54, 1.807) is 5.32 Å². The summed E-state index contributed by atoms with van der Waals surface area (Å²) < 4.78 is 122. The number of nitrogens with zero attached hydrogens (tertiary/aromatic N) is 6. The summed E-state index contributed by atoms with van der Waals surface area (Å²) in [5, 5.41) is 8.07. The number of aromatic nitrogens is 2. The molecular formula is C43H37Cl2F8N7O7. The summed E-state index contributed by atoms with van der Waals surface area (Å²) >= 11 is 11.8. The number of ether oxygens (including phenoxy) is 2. The molecule has 0 radical (unpaired) electrons. The normalized spacial score (nSPS) is 13.9. The van der Waals surface area contributed by atoms with E-state index in [4.69, 9.17) is 37.1 Å². The van der Waals surface area contributed by atoms with Gasteiger partial charge in [0.25, 0.3) is 11.8 Å². The molecule has 24 heteroatoms. The van der Waals surface area contributed by atoms with Crippen LogP contribution in [0, 0.1) is 23.3 Å². The zero-order chi connectivity index (χ0) is 48.4. The van der Waals surface area contributed by atoms with Crippen LogP contribution in [0.2, 0.25) is 10.0 Å². The molecule has 2 aliphatic rings. The molecule has 4 aromatic carbocycles. The highest BCUT2D eigenvalue weighted by molar-refractivity contribution is 6.31. The summed E-state index contributed by atoms with van der Waals surface area (Å²) in [5.74, 6) is -6.41. The van der Waals surface area contributed by atoms with E-state index in [1.807, 2.05) is 0 Å². The molecule has 0 bridgehead atoms. The minimum atomic E-state index is -3.28. The fourth-order valence-corrected chi connectivity index (χ4v) is 6.83. The Labute approximate surface area is 385 Å². The SMILES string of the molecule is O=C(CNC(=O)C(F)F)c1ccc(CN(C(=O)N2CCOCC2)c2ccc(F)c(Cl)c2)c(F)c1.O=C(N1CCOCC1)N(Cc1ccc(-c2nnc(C(F)F)o2)cc1F)c1ccc(F)c(Cl)c1. The molecule has 0 aliphatic carbocycles. The van der Waals surface area contributed by atoms with E-state index in [-0.39, 0.29) is 62.7 Å². The van der Waals surface area contributed by atoms with E-state index in [2.05, 4.69) is 10.2 Å². The predicted octanol–water partition coefficient (Wildman–Crippen LogP) is 8.71. The van der Waals surface area contributed by atoms with Crippen LogP contribution in [0.4, 0.5) is 56.1 Å². The lowest BCUT2D eigenvalue weighted by molar-refractivity contribution is -0.131.